The second kappa shape index (κ2) is 33.8. The van der Waals surface area contributed by atoms with Gasteiger partial charge in [0.05, 0.1) is 12.2 Å². The Kier molecular flexibility index (Phi) is 28.6. The lowest BCUT2D eigenvalue weighted by Crippen LogP contribution is -2.61. The Morgan fingerprint density at radius 1 is 0.603 bits per heavy atom. The molecule has 2 unspecified atom stereocenters. The number of nitrogens with one attached hydrogen (secondary N) is 10. The normalized spacial score (nSPS) is 26.2. The van der Waals surface area contributed by atoms with E-state index in [0.29, 0.717) is 18.4 Å². The van der Waals surface area contributed by atoms with Gasteiger partial charge in [-0.3, -0.25) is 47.9 Å². The van der Waals surface area contributed by atoms with Gasteiger partial charge in [-0.15, -0.1) is 0 Å². The Labute approximate surface area is 455 Å². The number of nitrogens with two attached hydrogens (primary N) is 5. The first-order valence-electron chi connectivity index (χ1n) is 27.0. The summed E-state index contributed by atoms with van der Waals surface area (Å²) in [6, 6.07) is -4.47. The van der Waals surface area contributed by atoms with Crippen LogP contribution >= 0.6 is 0 Å². The molecule has 2 fully saturated rings. The fourth-order valence-electron chi connectivity index (χ4n) is 9.07. The average molecular weight is 1100 g/mol. The molecule has 1 aromatic rings. The number of aliphatic hydroxyl groups excluding tert-OH is 2. The molecule has 438 valence electrons. The van der Waals surface area contributed by atoms with Crippen molar-refractivity contribution in [3.8, 4) is 0 Å². The van der Waals surface area contributed by atoms with Crippen LogP contribution in [0.2, 0.25) is 0 Å². The lowest BCUT2D eigenvalue weighted by Gasteiger charge is -2.29. The van der Waals surface area contributed by atoms with Crippen LogP contribution in [0.1, 0.15) is 104 Å². The van der Waals surface area contributed by atoms with Gasteiger partial charge in [-0.25, -0.2) is 0 Å². The van der Waals surface area contributed by atoms with Gasteiger partial charge < -0.3 is 92.0 Å². The third kappa shape index (κ3) is 22.2. The number of hydrogen-bond donors (Lipinski definition) is 17. The van der Waals surface area contributed by atoms with E-state index >= 15 is 0 Å². The van der Waals surface area contributed by atoms with Gasteiger partial charge in [-0.2, -0.15) is 0 Å². The van der Waals surface area contributed by atoms with E-state index in [0.717, 1.165) is 12.8 Å². The molecule has 0 bridgehead atoms. The van der Waals surface area contributed by atoms with Gasteiger partial charge >= 0.3 is 0 Å². The summed E-state index contributed by atoms with van der Waals surface area (Å²) in [7, 11) is 0. The molecule has 78 heavy (non-hydrogen) atoms. The van der Waals surface area contributed by atoms with Crippen molar-refractivity contribution in [3.63, 3.8) is 0 Å². The fourth-order valence-corrected chi connectivity index (χ4v) is 9.07. The first-order valence-corrected chi connectivity index (χ1v) is 27.0. The standard InChI is InChI=1S/C51H87N15O12/c1-27(2)24-38-48(75)60-33(14-19-52)43(70)59-36(17-22-55)47(74)66-41(28(3)67)50(77)57-23-18-37(46(73)58-34(15-20-53)45(72)64-39(49(76)63-38)25-30-8-6-5-7-9-30)61-44(71)35(16-21-54)62-51(78)42(29(4)68)65-40(69)26-31-10-12-32(56)13-11-31/h5-9,27-29,31-39,41-42,67-68H,10-26,52-56H2,1-4H3,(H,57,77)(H,58,73)(H,59,70)(H,60,75)(H,61,71)(H,62,78)(H,63,76)(H,64,72)(H,65,69)(H,66,74)/t28?,29?,31?,32?,33-,34-,35-,36-,37-,38-,39+,41-,42-/m0/s1. The minimum absolute atomic E-state index is 0.0208. The van der Waals surface area contributed by atoms with Gasteiger partial charge in [-0.1, -0.05) is 44.2 Å². The number of hydrogen-bond acceptors (Lipinski definition) is 17. The Morgan fingerprint density at radius 2 is 1.10 bits per heavy atom. The molecule has 10 amide bonds. The summed E-state index contributed by atoms with van der Waals surface area (Å²) >= 11 is 0. The number of carbonyl (C=O) groups is 10. The summed E-state index contributed by atoms with van der Waals surface area (Å²) in [5, 5.41) is 47.1. The van der Waals surface area contributed by atoms with Gasteiger partial charge in [-0.05, 0) is 122 Å². The Bertz CT molecular complexity index is 2150. The van der Waals surface area contributed by atoms with Crippen molar-refractivity contribution in [1.29, 1.82) is 0 Å². The van der Waals surface area contributed by atoms with E-state index in [-0.39, 0.29) is 89.0 Å². The maximum Gasteiger partial charge on any atom is 0.245 e. The monoisotopic (exact) mass is 1100 g/mol. The summed E-state index contributed by atoms with van der Waals surface area (Å²) in [5.41, 5.74) is 30.1. The highest BCUT2D eigenvalue weighted by atomic mass is 16.3. The number of benzene rings is 1. The molecule has 1 heterocycles. The highest BCUT2D eigenvalue weighted by Crippen LogP contribution is 2.26. The van der Waals surface area contributed by atoms with Crippen LogP contribution in [-0.4, -0.2) is 175 Å². The second-order valence-electron chi connectivity index (χ2n) is 20.6. The molecule has 1 saturated carbocycles. The van der Waals surface area contributed by atoms with Crippen LogP contribution < -0.4 is 81.8 Å². The Balaban J connectivity index is 2.08. The predicted molar refractivity (Wildman–Crippen MR) is 287 cm³/mol. The molecule has 22 N–H and O–H groups in total. The summed E-state index contributed by atoms with van der Waals surface area (Å²) in [6.45, 7) is 5.08. The topological polar surface area (TPSA) is 462 Å². The zero-order valence-electron chi connectivity index (χ0n) is 45.4. The molecule has 3 rings (SSSR count). The zero-order valence-corrected chi connectivity index (χ0v) is 45.4. The summed E-state index contributed by atoms with van der Waals surface area (Å²) in [6.07, 6.45) is -1.11. The molecule has 0 radical (unpaired) electrons. The van der Waals surface area contributed by atoms with Gasteiger partial charge in [0.15, 0.2) is 0 Å². The van der Waals surface area contributed by atoms with Crippen LogP contribution in [0.25, 0.3) is 0 Å². The van der Waals surface area contributed by atoms with Crippen LogP contribution in [0, 0.1) is 11.8 Å². The number of carbonyl (C=O) groups excluding carboxylic acids is 10. The maximum atomic E-state index is 14.4. The summed E-state index contributed by atoms with van der Waals surface area (Å²) < 4.78 is 0. The van der Waals surface area contributed by atoms with E-state index in [1.54, 1.807) is 44.2 Å². The molecule has 11 atom stereocenters. The van der Waals surface area contributed by atoms with Crippen LogP contribution in [0.4, 0.5) is 0 Å². The van der Waals surface area contributed by atoms with Crippen molar-refractivity contribution < 1.29 is 58.2 Å². The van der Waals surface area contributed by atoms with Gasteiger partial charge in [0.2, 0.25) is 59.1 Å². The molecule has 1 saturated heterocycles. The Hall–Kier alpha value is -6.36. The molecular formula is C51H87N15O12. The predicted octanol–water partition coefficient (Wildman–Crippen LogP) is -5.78. The van der Waals surface area contributed by atoms with Crippen molar-refractivity contribution in [2.75, 3.05) is 32.7 Å². The molecule has 0 spiro atoms. The second-order valence-corrected chi connectivity index (χ2v) is 20.6. The minimum atomic E-state index is -1.66. The molecule has 27 nitrogen and oxygen atoms in total. The first-order chi connectivity index (χ1) is 37.0. The number of rotatable bonds is 21. The molecule has 1 aromatic carbocycles. The van der Waals surface area contributed by atoms with Crippen molar-refractivity contribution in [3.05, 3.63) is 35.9 Å². The highest BCUT2D eigenvalue weighted by molar-refractivity contribution is 5.99. The summed E-state index contributed by atoms with van der Waals surface area (Å²) in [5.74, 6) is -8.82. The van der Waals surface area contributed by atoms with E-state index in [9.17, 15) is 58.2 Å². The SMILES string of the molecule is CC(C)C[C@@H]1NC(=O)[C@@H](Cc2ccccc2)NC(=O)[C@H](CCN)NC(=O)[C@@H](NC(=O)[C@H](CCN)NC(=O)[C@@H](NC(=O)CC2CCC(N)CC2)C(C)O)CCNC(=O)[C@H](C(C)O)NC(=O)[C@H](CCN)NC(=O)[C@H](CCN)NC1=O. The van der Waals surface area contributed by atoms with Crippen molar-refractivity contribution in [1.82, 2.24) is 53.2 Å². The van der Waals surface area contributed by atoms with Gasteiger partial charge in [0, 0.05) is 25.4 Å². The van der Waals surface area contributed by atoms with E-state index in [2.05, 4.69) is 53.2 Å². The lowest BCUT2D eigenvalue weighted by molar-refractivity contribution is -0.136. The van der Waals surface area contributed by atoms with E-state index in [1.165, 1.54) is 13.8 Å². The molecule has 27 heteroatoms. The molecular weight excluding hydrogens is 1010 g/mol. The smallest absolute Gasteiger partial charge is 0.245 e. The zero-order chi connectivity index (χ0) is 58.1. The van der Waals surface area contributed by atoms with Crippen molar-refractivity contribution in [2.45, 2.75) is 177 Å². The van der Waals surface area contributed by atoms with Crippen LogP contribution in [0.5, 0.6) is 0 Å². The van der Waals surface area contributed by atoms with Crippen LogP contribution in [-0.2, 0) is 54.4 Å². The maximum absolute atomic E-state index is 14.4. The average Bonchev–Trinajstić information content (AvgIpc) is 3.38. The fraction of sp³-hybridized carbons (Fsp3) is 0.686. The molecule has 0 aromatic heterocycles. The highest BCUT2D eigenvalue weighted by Gasteiger charge is 2.37. The third-order valence-electron chi connectivity index (χ3n) is 13.5. The van der Waals surface area contributed by atoms with E-state index < -0.39 is 139 Å². The molecule has 1 aliphatic carbocycles. The largest absolute Gasteiger partial charge is 0.391 e. The van der Waals surface area contributed by atoms with Gasteiger partial charge in [0.25, 0.3) is 0 Å². The number of aliphatic hydroxyl groups is 2. The third-order valence-corrected chi connectivity index (χ3v) is 13.5. The first kappa shape index (κ1) is 65.9. The van der Waals surface area contributed by atoms with Crippen molar-refractivity contribution in [2.24, 2.45) is 40.5 Å². The van der Waals surface area contributed by atoms with Crippen LogP contribution in [0.15, 0.2) is 30.3 Å². The van der Waals surface area contributed by atoms with Gasteiger partial charge in [0.1, 0.15) is 54.4 Å². The minimum Gasteiger partial charge on any atom is -0.391 e. The van der Waals surface area contributed by atoms with E-state index in [4.69, 9.17) is 28.7 Å². The number of amides is 10. The summed E-state index contributed by atoms with van der Waals surface area (Å²) in [4.78, 5) is 140. The van der Waals surface area contributed by atoms with Crippen LogP contribution in [0.3, 0.4) is 0 Å². The molecule has 2 aliphatic rings. The van der Waals surface area contributed by atoms with Crippen molar-refractivity contribution >= 4 is 59.1 Å². The quantitative estimate of drug-likeness (QED) is 0.0545. The Morgan fingerprint density at radius 3 is 1.62 bits per heavy atom. The molecule has 1 aliphatic heterocycles. The lowest BCUT2D eigenvalue weighted by atomic mass is 9.84. The van der Waals surface area contributed by atoms with E-state index in [1.807, 2.05) is 0 Å².